The Hall–Kier alpha value is -0.730. The zero-order valence-corrected chi connectivity index (χ0v) is 6.18. The van der Waals surface area contributed by atoms with Crippen molar-refractivity contribution in [1.82, 2.24) is 0 Å². The van der Waals surface area contributed by atoms with Crippen molar-refractivity contribution in [1.29, 1.82) is 0 Å². The van der Waals surface area contributed by atoms with E-state index in [4.69, 9.17) is 9.57 Å². The molecule has 0 saturated carbocycles. The summed E-state index contributed by atoms with van der Waals surface area (Å²) in [6.45, 7) is 6.78. The molecule has 0 amide bonds. The average Bonchev–Trinajstić information content (AvgIpc) is 1.85. The minimum absolute atomic E-state index is 0. The van der Waals surface area contributed by atoms with E-state index in [2.05, 4.69) is 5.16 Å². The third kappa shape index (κ3) is 7.27. The van der Waals surface area contributed by atoms with Gasteiger partial charge in [-0.3, -0.25) is 0 Å². The Morgan fingerprint density at radius 1 is 1.30 bits per heavy atom. The van der Waals surface area contributed by atoms with E-state index >= 15 is 0 Å². The second-order valence-electron chi connectivity index (χ2n) is 1.46. The van der Waals surface area contributed by atoms with Gasteiger partial charge in [0.05, 0.1) is 6.61 Å². The van der Waals surface area contributed by atoms with Gasteiger partial charge < -0.3 is 9.57 Å². The summed E-state index contributed by atoms with van der Waals surface area (Å²) < 4.78 is 4.97. The van der Waals surface area contributed by atoms with Crippen molar-refractivity contribution in [2.75, 3.05) is 13.2 Å². The molecule has 0 atom stereocenters. The molecule has 3 heteroatoms. The van der Waals surface area contributed by atoms with Crippen LogP contribution >= 0.6 is 0 Å². The maximum absolute atomic E-state index is 4.97. The number of nitrogens with zero attached hydrogens (tertiary/aromatic N) is 1. The lowest BCUT2D eigenvalue weighted by Crippen LogP contribution is -1.99. The second-order valence-corrected chi connectivity index (χ2v) is 1.46. The molecule has 0 rings (SSSR count). The molecule has 0 aliphatic rings. The lowest BCUT2D eigenvalue weighted by atomic mass is 10.7. The molecule has 0 aliphatic carbocycles. The molecule has 3 nitrogen and oxygen atoms in total. The van der Waals surface area contributed by atoms with E-state index in [0.29, 0.717) is 19.1 Å². The highest BCUT2D eigenvalue weighted by atomic mass is 16.6. The van der Waals surface area contributed by atoms with Gasteiger partial charge in [0.1, 0.15) is 6.61 Å². The van der Waals surface area contributed by atoms with Gasteiger partial charge in [-0.1, -0.05) is 12.6 Å². The van der Waals surface area contributed by atoms with Crippen LogP contribution in [-0.2, 0) is 9.57 Å². The van der Waals surface area contributed by atoms with Gasteiger partial charge in [0.25, 0.3) is 0 Å². The zero-order valence-electron chi connectivity index (χ0n) is 6.18. The van der Waals surface area contributed by atoms with Crippen LogP contribution in [0.5, 0.6) is 0 Å². The SMILES string of the molecule is C.CCO/N=C(\C)OCC. The maximum Gasteiger partial charge on any atom is 0.222 e. The number of hydrogen-bond donors (Lipinski definition) is 0. The number of oxime groups is 1. The van der Waals surface area contributed by atoms with Crippen molar-refractivity contribution in [3.63, 3.8) is 0 Å². The third-order valence-corrected chi connectivity index (χ3v) is 0.675. The third-order valence-electron chi connectivity index (χ3n) is 0.675. The standard InChI is InChI=1S/C6H13NO2.CH4/c1-4-8-6(3)7-9-5-2;/h4-5H2,1-3H3;1H4/b7-6+;. The van der Waals surface area contributed by atoms with Gasteiger partial charge in [-0.2, -0.15) is 0 Å². The molecule has 0 N–H and O–H groups in total. The first kappa shape index (κ1) is 12.0. The first-order chi connectivity index (χ1) is 4.31. The molecule has 0 spiro atoms. The summed E-state index contributed by atoms with van der Waals surface area (Å²) in [5, 5.41) is 3.63. The first-order valence-electron chi connectivity index (χ1n) is 3.10. The molecule has 0 radical (unpaired) electrons. The van der Waals surface area contributed by atoms with Crippen LogP contribution in [-0.4, -0.2) is 19.1 Å². The first-order valence-corrected chi connectivity index (χ1v) is 3.10. The van der Waals surface area contributed by atoms with Crippen molar-refractivity contribution in [3.05, 3.63) is 0 Å². The molecular weight excluding hydrogens is 130 g/mol. The van der Waals surface area contributed by atoms with E-state index in [0.717, 1.165) is 0 Å². The predicted molar refractivity (Wildman–Crippen MR) is 43.1 cm³/mol. The van der Waals surface area contributed by atoms with E-state index in [1.807, 2.05) is 13.8 Å². The quantitative estimate of drug-likeness (QED) is 0.347. The van der Waals surface area contributed by atoms with Crippen molar-refractivity contribution in [2.45, 2.75) is 28.2 Å². The van der Waals surface area contributed by atoms with E-state index in [1.54, 1.807) is 6.92 Å². The fourth-order valence-electron chi connectivity index (χ4n) is 0.391. The predicted octanol–water partition coefficient (Wildman–Crippen LogP) is 2.03. The van der Waals surface area contributed by atoms with Crippen LogP contribution in [0.4, 0.5) is 0 Å². The van der Waals surface area contributed by atoms with Crippen LogP contribution in [0.25, 0.3) is 0 Å². The van der Waals surface area contributed by atoms with Crippen molar-refractivity contribution >= 4 is 5.90 Å². The molecule has 0 aliphatic heterocycles. The summed E-state index contributed by atoms with van der Waals surface area (Å²) in [5.74, 6) is 0.583. The lowest BCUT2D eigenvalue weighted by Gasteiger charge is -1.99. The fourth-order valence-corrected chi connectivity index (χ4v) is 0.391. The van der Waals surface area contributed by atoms with Gasteiger partial charge in [-0.05, 0) is 13.8 Å². The largest absolute Gasteiger partial charge is 0.479 e. The molecule has 62 valence electrons. The van der Waals surface area contributed by atoms with Crippen LogP contribution < -0.4 is 0 Å². The Kier molecular flexibility index (Phi) is 9.92. The van der Waals surface area contributed by atoms with Gasteiger partial charge in [0.2, 0.25) is 5.90 Å². The molecule has 0 fully saturated rings. The number of rotatable bonds is 3. The zero-order chi connectivity index (χ0) is 7.11. The summed E-state index contributed by atoms with van der Waals surface area (Å²) in [6, 6.07) is 0. The van der Waals surface area contributed by atoms with Crippen molar-refractivity contribution < 1.29 is 9.57 Å². The molecule has 0 unspecified atom stereocenters. The van der Waals surface area contributed by atoms with E-state index in [1.165, 1.54) is 0 Å². The molecule has 0 aromatic rings. The van der Waals surface area contributed by atoms with Gasteiger partial charge in [-0.15, -0.1) is 0 Å². The highest BCUT2D eigenvalue weighted by Gasteiger charge is 1.85. The molecule has 0 aromatic carbocycles. The van der Waals surface area contributed by atoms with Crippen molar-refractivity contribution in [2.24, 2.45) is 5.16 Å². The smallest absolute Gasteiger partial charge is 0.222 e. The monoisotopic (exact) mass is 147 g/mol. The molecule has 0 aromatic heterocycles. The molecule has 0 saturated heterocycles. The summed E-state index contributed by atoms with van der Waals surface area (Å²) in [4.78, 5) is 4.71. The Labute approximate surface area is 63.0 Å². The second kappa shape index (κ2) is 8.27. The van der Waals surface area contributed by atoms with Gasteiger partial charge in [0, 0.05) is 6.92 Å². The normalized spacial score (nSPS) is 10.1. The summed E-state index contributed by atoms with van der Waals surface area (Å²) >= 11 is 0. The summed E-state index contributed by atoms with van der Waals surface area (Å²) in [6.07, 6.45) is 0. The molecular formula is C7H17NO2. The van der Waals surface area contributed by atoms with Gasteiger partial charge in [-0.25, -0.2) is 0 Å². The van der Waals surface area contributed by atoms with Gasteiger partial charge >= 0.3 is 0 Å². The van der Waals surface area contributed by atoms with Crippen LogP contribution in [0.2, 0.25) is 0 Å². The van der Waals surface area contributed by atoms with Crippen molar-refractivity contribution in [3.8, 4) is 0 Å². The van der Waals surface area contributed by atoms with Gasteiger partial charge in [0.15, 0.2) is 0 Å². The van der Waals surface area contributed by atoms with Crippen LogP contribution in [0.3, 0.4) is 0 Å². The van der Waals surface area contributed by atoms with E-state index in [-0.39, 0.29) is 7.43 Å². The highest BCUT2D eigenvalue weighted by molar-refractivity contribution is 5.72. The van der Waals surface area contributed by atoms with Crippen LogP contribution in [0.15, 0.2) is 5.16 Å². The lowest BCUT2D eigenvalue weighted by molar-refractivity contribution is 0.145. The molecule has 0 bridgehead atoms. The number of hydrogen-bond acceptors (Lipinski definition) is 3. The topological polar surface area (TPSA) is 30.8 Å². The molecule has 0 heterocycles. The van der Waals surface area contributed by atoms with E-state index in [9.17, 15) is 0 Å². The van der Waals surface area contributed by atoms with E-state index < -0.39 is 0 Å². The summed E-state index contributed by atoms with van der Waals surface area (Å²) in [5.41, 5.74) is 0. The Balaban J connectivity index is 0. The van der Waals surface area contributed by atoms with Crippen LogP contribution in [0.1, 0.15) is 28.2 Å². The summed E-state index contributed by atoms with van der Waals surface area (Å²) in [7, 11) is 0. The number of ether oxygens (including phenoxy) is 1. The Morgan fingerprint density at radius 2 is 1.90 bits per heavy atom. The van der Waals surface area contributed by atoms with Crippen LogP contribution in [0, 0.1) is 0 Å². The molecule has 10 heavy (non-hydrogen) atoms. The minimum atomic E-state index is 0. The Bertz CT molecular complexity index is 91.6. The average molecular weight is 147 g/mol. The maximum atomic E-state index is 4.97. The highest BCUT2D eigenvalue weighted by Crippen LogP contribution is 1.82. The Morgan fingerprint density at radius 3 is 2.30 bits per heavy atom. The fraction of sp³-hybridized carbons (Fsp3) is 0.857. The minimum Gasteiger partial charge on any atom is -0.479 e.